The molecule has 2 aliphatic rings. The monoisotopic (exact) mass is 295 g/mol. The minimum atomic E-state index is -3.25. The van der Waals surface area contributed by atoms with Crippen LogP contribution in [0.4, 0.5) is 0 Å². The van der Waals surface area contributed by atoms with Crippen LogP contribution in [0.2, 0.25) is 0 Å². The van der Waals surface area contributed by atoms with Crippen molar-refractivity contribution in [3.05, 3.63) is 23.7 Å². The topological polar surface area (TPSA) is 91.3 Å². The van der Waals surface area contributed by atoms with Gasteiger partial charge < -0.3 is 9.52 Å². The van der Waals surface area contributed by atoms with Gasteiger partial charge in [-0.3, -0.25) is 0 Å². The molecule has 5 nitrogen and oxygen atoms in total. The van der Waals surface area contributed by atoms with Crippen LogP contribution in [0.1, 0.15) is 43.3 Å². The molecule has 1 N–H and O–H groups in total. The lowest BCUT2D eigenvalue weighted by Gasteiger charge is -2.23. The van der Waals surface area contributed by atoms with Gasteiger partial charge in [0.15, 0.2) is 9.84 Å². The van der Waals surface area contributed by atoms with Crippen LogP contribution >= 0.6 is 0 Å². The third-order valence-electron chi connectivity index (χ3n) is 4.47. The van der Waals surface area contributed by atoms with Gasteiger partial charge in [0.1, 0.15) is 23.0 Å². The number of hydrogen-bond donors (Lipinski definition) is 1. The Bertz CT molecular complexity index is 672. The van der Waals surface area contributed by atoms with Crippen LogP contribution in [0.3, 0.4) is 0 Å². The molecular weight excluding hydrogens is 278 g/mol. The second-order valence-corrected chi connectivity index (χ2v) is 8.26. The van der Waals surface area contributed by atoms with Gasteiger partial charge in [-0.15, -0.1) is 0 Å². The highest BCUT2D eigenvalue weighted by atomic mass is 32.2. The maximum atomic E-state index is 11.6. The molecular formula is C14H17NO4S. The van der Waals surface area contributed by atoms with E-state index in [0.29, 0.717) is 17.6 Å². The third kappa shape index (κ3) is 2.15. The first-order chi connectivity index (χ1) is 9.37. The van der Waals surface area contributed by atoms with Crippen LogP contribution in [-0.2, 0) is 9.84 Å². The Morgan fingerprint density at radius 3 is 2.75 bits per heavy atom. The van der Waals surface area contributed by atoms with Crippen LogP contribution in [0, 0.1) is 22.7 Å². The standard InChI is InChI=1S/C14H17NO4S/c1-9-6-10(9)11-2-3-12(19-11)13(16)14(7-15)4-5-20(17,18)8-14/h2-3,9-10,13,16H,4-6,8H2,1H3. The van der Waals surface area contributed by atoms with Crippen LogP contribution in [0.25, 0.3) is 0 Å². The second kappa shape index (κ2) is 4.34. The number of furan rings is 1. The van der Waals surface area contributed by atoms with Gasteiger partial charge in [-0.05, 0) is 30.9 Å². The van der Waals surface area contributed by atoms with Crippen molar-refractivity contribution in [2.24, 2.45) is 11.3 Å². The lowest BCUT2D eigenvalue weighted by atomic mass is 9.82. The van der Waals surface area contributed by atoms with Crippen LogP contribution in [0.5, 0.6) is 0 Å². The van der Waals surface area contributed by atoms with E-state index in [1.54, 1.807) is 6.07 Å². The lowest BCUT2D eigenvalue weighted by Crippen LogP contribution is -2.28. The lowest BCUT2D eigenvalue weighted by molar-refractivity contribution is 0.0578. The minimum Gasteiger partial charge on any atom is -0.463 e. The fourth-order valence-corrected chi connectivity index (χ4v) is 4.92. The van der Waals surface area contributed by atoms with Gasteiger partial charge in [0.05, 0.1) is 17.6 Å². The number of aliphatic hydroxyl groups is 1. The average molecular weight is 295 g/mol. The normalized spacial score (nSPS) is 36.5. The van der Waals surface area contributed by atoms with Crippen molar-refractivity contribution in [2.45, 2.75) is 31.8 Å². The molecule has 1 saturated heterocycles. The molecule has 20 heavy (non-hydrogen) atoms. The highest BCUT2D eigenvalue weighted by Gasteiger charge is 2.50. The van der Waals surface area contributed by atoms with E-state index in [1.807, 2.05) is 12.1 Å². The van der Waals surface area contributed by atoms with E-state index in [0.717, 1.165) is 12.2 Å². The highest BCUT2D eigenvalue weighted by molar-refractivity contribution is 7.91. The van der Waals surface area contributed by atoms with E-state index >= 15 is 0 Å². The molecule has 0 amide bonds. The second-order valence-electron chi connectivity index (χ2n) is 6.07. The van der Waals surface area contributed by atoms with Gasteiger partial charge in [0, 0.05) is 5.92 Å². The fourth-order valence-electron chi connectivity index (χ4n) is 2.94. The number of nitrogens with zero attached hydrogens (tertiary/aromatic N) is 1. The molecule has 1 aromatic heterocycles. The summed E-state index contributed by atoms with van der Waals surface area (Å²) in [5.74, 6) is 1.75. The zero-order valence-electron chi connectivity index (χ0n) is 11.2. The summed E-state index contributed by atoms with van der Waals surface area (Å²) in [5, 5.41) is 19.7. The summed E-state index contributed by atoms with van der Waals surface area (Å²) in [6, 6.07) is 5.49. The molecule has 1 saturated carbocycles. The first-order valence-electron chi connectivity index (χ1n) is 6.76. The van der Waals surface area contributed by atoms with Crippen molar-refractivity contribution in [1.82, 2.24) is 0 Å². The summed E-state index contributed by atoms with van der Waals surface area (Å²) in [4.78, 5) is 0. The Kier molecular flexibility index (Phi) is 2.96. The van der Waals surface area contributed by atoms with Gasteiger partial charge in [0.2, 0.25) is 0 Å². The van der Waals surface area contributed by atoms with Crippen LogP contribution < -0.4 is 0 Å². The minimum absolute atomic E-state index is 0.0507. The fraction of sp³-hybridized carbons (Fsp3) is 0.643. The molecule has 1 aliphatic heterocycles. The van der Waals surface area contributed by atoms with Crippen molar-refractivity contribution in [3.63, 3.8) is 0 Å². The summed E-state index contributed by atoms with van der Waals surface area (Å²) < 4.78 is 28.9. The summed E-state index contributed by atoms with van der Waals surface area (Å²) in [6.07, 6.45) is 0.0385. The molecule has 2 fully saturated rings. The van der Waals surface area contributed by atoms with Crippen LogP contribution in [0.15, 0.2) is 16.5 Å². The molecule has 0 radical (unpaired) electrons. The van der Waals surface area contributed by atoms with Gasteiger partial charge in [-0.25, -0.2) is 8.42 Å². The predicted molar refractivity (Wildman–Crippen MR) is 71.5 cm³/mol. The Hall–Kier alpha value is -1.32. The molecule has 2 heterocycles. The van der Waals surface area contributed by atoms with E-state index in [9.17, 15) is 18.8 Å². The molecule has 4 atom stereocenters. The van der Waals surface area contributed by atoms with Crippen molar-refractivity contribution >= 4 is 9.84 Å². The van der Waals surface area contributed by atoms with Crippen molar-refractivity contribution in [1.29, 1.82) is 5.26 Å². The molecule has 4 unspecified atom stereocenters. The first kappa shape index (κ1) is 13.7. The maximum Gasteiger partial charge on any atom is 0.152 e. The molecule has 0 spiro atoms. The largest absolute Gasteiger partial charge is 0.463 e. The summed E-state index contributed by atoms with van der Waals surface area (Å²) >= 11 is 0. The van der Waals surface area contributed by atoms with E-state index in [4.69, 9.17) is 4.42 Å². The molecule has 0 bridgehead atoms. The third-order valence-corrected chi connectivity index (χ3v) is 6.26. The Balaban J connectivity index is 1.86. The van der Waals surface area contributed by atoms with Gasteiger partial charge in [-0.1, -0.05) is 6.92 Å². The molecule has 3 rings (SSSR count). The average Bonchev–Trinajstić information content (AvgIpc) is 2.85. The number of hydrogen-bond acceptors (Lipinski definition) is 5. The molecule has 1 aliphatic carbocycles. The van der Waals surface area contributed by atoms with Gasteiger partial charge >= 0.3 is 0 Å². The maximum absolute atomic E-state index is 11.6. The van der Waals surface area contributed by atoms with Crippen LogP contribution in [-0.4, -0.2) is 25.0 Å². The van der Waals surface area contributed by atoms with E-state index in [2.05, 4.69) is 6.92 Å². The zero-order chi connectivity index (χ0) is 14.5. The quantitative estimate of drug-likeness (QED) is 0.917. The van der Waals surface area contributed by atoms with E-state index in [-0.39, 0.29) is 17.9 Å². The highest BCUT2D eigenvalue weighted by Crippen LogP contribution is 2.49. The smallest absolute Gasteiger partial charge is 0.152 e. The predicted octanol–water partition coefficient (Wildman–Crippen LogP) is 1.76. The first-order valence-corrected chi connectivity index (χ1v) is 8.58. The van der Waals surface area contributed by atoms with E-state index in [1.165, 1.54) is 0 Å². The Morgan fingerprint density at radius 1 is 1.55 bits per heavy atom. The zero-order valence-corrected chi connectivity index (χ0v) is 12.1. The number of nitriles is 1. The van der Waals surface area contributed by atoms with E-state index < -0.39 is 21.4 Å². The van der Waals surface area contributed by atoms with Crippen molar-refractivity contribution in [2.75, 3.05) is 11.5 Å². The molecule has 1 aromatic rings. The summed E-state index contributed by atoms with van der Waals surface area (Å²) in [6.45, 7) is 2.13. The summed E-state index contributed by atoms with van der Waals surface area (Å²) in [5.41, 5.74) is -1.27. The Labute approximate surface area is 118 Å². The number of sulfone groups is 1. The molecule has 108 valence electrons. The van der Waals surface area contributed by atoms with Crippen molar-refractivity contribution < 1.29 is 17.9 Å². The molecule has 0 aromatic carbocycles. The molecule has 6 heteroatoms. The number of rotatable bonds is 3. The van der Waals surface area contributed by atoms with Gasteiger partial charge in [-0.2, -0.15) is 5.26 Å². The van der Waals surface area contributed by atoms with Gasteiger partial charge in [0.25, 0.3) is 0 Å². The summed E-state index contributed by atoms with van der Waals surface area (Å²) in [7, 11) is -3.25. The number of aliphatic hydroxyl groups excluding tert-OH is 1. The van der Waals surface area contributed by atoms with Crippen molar-refractivity contribution in [3.8, 4) is 6.07 Å². The Morgan fingerprint density at radius 2 is 2.25 bits per heavy atom. The SMILES string of the molecule is CC1CC1c1ccc(C(O)C2(C#N)CCS(=O)(=O)C2)o1.